The number of benzene rings is 1. The highest BCUT2D eigenvalue weighted by atomic mass is 32.1. The maximum atomic E-state index is 13.4. The van der Waals surface area contributed by atoms with Crippen LogP contribution in [-0.4, -0.2) is 65.9 Å². The first-order valence-corrected chi connectivity index (χ1v) is 15.6. The number of fused-ring (bicyclic) bond motifs is 1. The number of amides is 2. The van der Waals surface area contributed by atoms with Crippen LogP contribution >= 0.6 is 11.3 Å². The van der Waals surface area contributed by atoms with Gasteiger partial charge in [-0.1, -0.05) is 26.0 Å². The SMILES string of the molecule is CC(C)/C=C(\C#N)C(=O)N1CCC[C@@H]1Cn1c(NC(=O)c2ccc(-n3cccn3)s2)nc2cc(CNCC(C)(C)O)ccc21. The fraction of sp³-hybridized carbons (Fsp3) is 0.406. The molecule has 0 unspecified atom stereocenters. The van der Waals surface area contributed by atoms with Crippen molar-refractivity contribution in [3.05, 3.63) is 70.9 Å². The minimum atomic E-state index is -0.831. The van der Waals surface area contributed by atoms with Crippen molar-refractivity contribution in [2.75, 3.05) is 18.4 Å². The summed E-state index contributed by atoms with van der Waals surface area (Å²) in [6, 6.07) is 13.3. The summed E-state index contributed by atoms with van der Waals surface area (Å²) in [5.41, 5.74) is 1.85. The molecule has 1 atom stereocenters. The highest BCUT2D eigenvalue weighted by molar-refractivity contribution is 7.16. The summed E-state index contributed by atoms with van der Waals surface area (Å²) in [6.45, 7) is 9.35. The van der Waals surface area contributed by atoms with E-state index in [4.69, 9.17) is 4.98 Å². The molecule has 0 spiro atoms. The number of likely N-dealkylation sites (tertiary alicyclic amines) is 1. The van der Waals surface area contributed by atoms with Gasteiger partial charge in [-0.15, -0.1) is 11.3 Å². The lowest BCUT2D eigenvalue weighted by atomic mass is 10.1. The van der Waals surface area contributed by atoms with E-state index in [1.165, 1.54) is 11.3 Å². The van der Waals surface area contributed by atoms with Crippen LogP contribution in [0.1, 0.15) is 55.8 Å². The van der Waals surface area contributed by atoms with Crippen molar-refractivity contribution < 1.29 is 14.7 Å². The molecule has 4 heterocycles. The first-order valence-electron chi connectivity index (χ1n) is 14.8. The van der Waals surface area contributed by atoms with E-state index in [2.05, 4.69) is 21.8 Å². The van der Waals surface area contributed by atoms with Gasteiger partial charge in [-0.3, -0.25) is 14.9 Å². The number of hydrogen-bond acceptors (Lipinski definition) is 8. The van der Waals surface area contributed by atoms with Crippen molar-refractivity contribution >= 4 is 40.1 Å². The largest absolute Gasteiger partial charge is 0.389 e. The first kappa shape index (κ1) is 31.1. The van der Waals surface area contributed by atoms with Crippen molar-refractivity contribution in [2.45, 2.75) is 65.3 Å². The van der Waals surface area contributed by atoms with E-state index >= 15 is 0 Å². The fourth-order valence-corrected chi connectivity index (χ4v) is 6.20. The van der Waals surface area contributed by atoms with E-state index in [1.54, 1.807) is 41.8 Å². The molecule has 1 aliphatic rings. The number of aliphatic hydroxyl groups is 1. The third kappa shape index (κ3) is 7.24. The number of rotatable bonds is 11. The minimum Gasteiger partial charge on any atom is -0.389 e. The second-order valence-electron chi connectivity index (χ2n) is 12.1. The molecule has 5 rings (SSSR count). The van der Waals surface area contributed by atoms with Crippen LogP contribution in [0.5, 0.6) is 0 Å². The molecule has 0 radical (unpaired) electrons. The van der Waals surface area contributed by atoms with Crippen LogP contribution in [-0.2, 0) is 17.9 Å². The average molecular weight is 615 g/mol. The maximum absolute atomic E-state index is 13.4. The number of nitriles is 1. The van der Waals surface area contributed by atoms with Crippen molar-refractivity contribution in [1.29, 1.82) is 5.26 Å². The van der Waals surface area contributed by atoms with E-state index in [9.17, 15) is 20.0 Å². The molecule has 0 bridgehead atoms. The van der Waals surface area contributed by atoms with E-state index in [0.29, 0.717) is 42.5 Å². The Kier molecular flexibility index (Phi) is 9.29. The molecule has 2 amide bonds. The Bertz CT molecular complexity index is 1700. The van der Waals surface area contributed by atoms with Gasteiger partial charge in [0.15, 0.2) is 0 Å². The molecule has 3 aromatic heterocycles. The van der Waals surface area contributed by atoms with Crippen LogP contribution in [0, 0.1) is 17.2 Å². The molecule has 44 heavy (non-hydrogen) atoms. The Hall–Kier alpha value is -4.31. The predicted octanol–water partition coefficient (Wildman–Crippen LogP) is 4.49. The summed E-state index contributed by atoms with van der Waals surface area (Å²) in [5, 5.41) is 31.1. The molecule has 230 valence electrons. The van der Waals surface area contributed by atoms with E-state index in [-0.39, 0.29) is 29.3 Å². The summed E-state index contributed by atoms with van der Waals surface area (Å²) < 4.78 is 3.66. The number of nitrogens with zero attached hydrogens (tertiary/aromatic N) is 6. The molecule has 11 nitrogen and oxygen atoms in total. The molecule has 1 fully saturated rings. The molecule has 1 saturated heterocycles. The number of anilines is 1. The normalized spacial score (nSPS) is 15.7. The smallest absolute Gasteiger partial charge is 0.268 e. The van der Waals surface area contributed by atoms with E-state index in [0.717, 1.165) is 28.9 Å². The zero-order chi connectivity index (χ0) is 31.4. The Morgan fingerprint density at radius 1 is 1.27 bits per heavy atom. The van der Waals surface area contributed by atoms with Crippen LogP contribution in [0.4, 0.5) is 5.95 Å². The molecule has 3 N–H and O–H groups in total. The van der Waals surface area contributed by atoms with Gasteiger partial charge in [0.25, 0.3) is 11.8 Å². The lowest BCUT2D eigenvalue weighted by Crippen LogP contribution is -2.39. The van der Waals surface area contributed by atoms with E-state index in [1.807, 2.05) is 54.9 Å². The number of nitrogens with one attached hydrogen (secondary N) is 2. The molecule has 4 aromatic rings. The van der Waals surface area contributed by atoms with Crippen molar-refractivity contribution in [3.8, 4) is 11.1 Å². The van der Waals surface area contributed by atoms with Gasteiger partial charge in [0.2, 0.25) is 5.95 Å². The maximum Gasteiger partial charge on any atom is 0.268 e. The van der Waals surface area contributed by atoms with Crippen LogP contribution < -0.4 is 10.6 Å². The summed E-state index contributed by atoms with van der Waals surface area (Å²) in [7, 11) is 0. The van der Waals surface area contributed by atoms with Gasteiger partial charge < -0.3 is 19.9 Å². The van der Waals surface area contributed by atoms with Crippen LogP contribution in [0.3, 0.4) is 0 Å². The Morgan fingerprint density at radius 3 is 2.80 bits per heavy atom. The number of hydrogen-bond donors (Lipinski definition) is 3. The Balaban J connectivity index is 1.44. The van der Waals surface area contributed by atoms with Crippen molar-refractivity contribution in [2.24, 2.45) is 5.92 Å². The van der Waals surface area contributed by atoms with Crippen molar-refractivity contribution in [1.82, 2.24) is 29.5 Å². The summed E-state index contributed by atoms with van der Waals surface area (Å²) in [6.07, 6.45) is 6.82. The Labute approximate surface area is 260 Å². The number of imidazole rings is 1. The summed E-state index contributed by atoms with van der Waals surface area (Å²) in [5.74, 6) is -0.0861. The second kappa shape index (κ2) is 13.1. The predicted molar refractivity (Wildman–Crippen MR) is 170 cm³/mol. The monoisotopic (exact) mass is 614 g/mol. The van der Waals surface area contributed by atoms with Gasteiger partial charge >= 0.3 is 0 Å². The first-order chi connectivity index (χ1) is 21.0. The minimum absolute atomic E-state index is 0.0762. The summed E-state index contributed by atoms with van der Waals surface area (Å²) >= 11 is 1.32. The van der Waals surface area contributed by atoms with Crippen LogP contribution in [0.25, 0.3) is 16.0 Å². The third-order valence-electron chi connectivity index (χ3n) is 7.35. The molecule has 12 heteroatoms. The molecular formula is C32H38N8O3S. The van der Waals surface area contributed by atoms with Gasteiger partial charge in [0, 0.05) is 38.6 Å². The number of aromatic nitrogens is 4. The topological polar surface area (TPSA) is 141 Å². The second-order valence-corrected chi connectivity index (χ2v) is 13.1. The highest BCUT2D eigenvalue weighted by Gasteiger charge is 2.32. The van der Waals surface area contributed by atoms with Gasteiger partial charge in [-0.25, -0.2) is 9.67 Å². The molecule has 0 aliphatic carbocycles. The lowest BCUT2D eigenvalue weighted by Gasteiger charge is -2.26. The van der Waals surface area contributed by atoms with Crippen molar-refractivity contribution in [3.63, 3.8) is 0 Å². The molecule has 0 saturated carbocycles. The summed E-state index contributed by atoms with van der Waals surface area (Å²) in [4.78, 5) is 34.0. The van der Waals surface area contributed by atoms with Gasteiger partial charge in [0.1, 0.15) is 16.6 Å². The Morgan fingerprint density at radius 2 is 2.09 bits per heavy atom. The number of carbonyl (C=O) groups is 2. The van der Waals surface area contributed by atoms with Crippen LogP contribution in [0.2, 0.25) is 0 Å². The highest BCUT2D eigenvalue weighted by Crippen LogP contribution is 2.28. The number of thiophene rings is 1. The number of allylic oxidation sites excluding steroid dienone is 1. The fourth-order valence-electron chi connectivity index (χ4n) is 5.36. The molecular weight excluding hydrogens is 576 g/mol. The van der Waals surface area contributed by atoms with Gasteiger partial charge in [-0.05, 0) is 68.5 Å². The zero-order valence-electron chi connectivity index (χ0n) is 25.4. The van der Waals surface area contributed by atoms with E-state index < -0.39 is 5.60 Å². The average Bonchev–Trinajstić information content (AvgIpc) is 3.78. The third-order valence-corrected chi connectivity index (χ3v) is 8.43. The molecule has 1 aromatic carbocycles. The van der Waals surface area contributed by atoms with Gasteiger partial charge in [0.05, 0.1) is 27.6 Å². The van der Waals surface area contributed by atoms with Gasteiger partial charge in [-0.2, -0.15) is 10.4 Å². The molecule has 1 aliphatic heterocycles. The standard InChI is InChI=1S/C32H38N8O3S/c1-21(2)15-23(17-33)30(42)38-13-5-7-24(38)19-39-26-9-8-22(18-34-20-32(3,4)43)16-25(26)36-31(39)37-29(41)27-10-11-28(44-27)40-14-6-12-35-40/h6,8-12,14-16,21,24,34,43H,5,7,13,18-20H2,1-4H3,(H,36,37,41)/b23-15+/t24-/m1/s1. The number of carbonyl (C=O) groups excluding carboxylic acids is 2. The van der Waals surface area contributed by atoms with Crippen LogP contribution in [0.15, 0.2) is 60.4 Å². The zero-order valence-corrected chi connectivity index (χ0v) is 26.3. The quantitative estimate of drug-likeness (QED) is 0.167. The lowest BCUT2D eigenvalue weighted by molar-refractivity contribution is -0.127.